The van der Waals surface area contributed by atoms with Crippen LogP contribution in [0, 0.1) is 0 Å². The van der Waals surface area contributed by atoms with Gasteiger partial charge in [-0.15, -0.1) is 0 Å². The van der Waals surface area contributed by atoms with E-state index in [9.17, 15) is 4.79 Å². The molecule has 2 aromatic heterocycles. The van der Waals surface area contributed by atoms with E-state index in [0.717, 1.165) is 11.0 Å². The largest absolute Gasteiger partial charge is 0.495 e. The molecule has 1 saturated heterocycles. The molecule has 0 N–H and O–H groups in total. The zero-order valence-corrected chi connectivity index (χ0v) is 15.4. The Morgan fingerprint density at radius 3 is 2.27 bits per heavy atom. The summed E-state index contributed by atoms with van der Waals surface area (Å²) in [6, 6.07) is 14.9. The van der Waals surface area contributed by atoms with E-state index in [4.69, 9.17) is 9.31 Å². The topological polar surface area (TPSA) is 52.8 Å². The summed E-state index contributed by atoms with van der Waals surface area (Å²) in [5.74, 6) is 0. The first-order chi connectivity index (χ1) is 12.3. The van der Waals surface area contributed by atoms with Crippen LogP contribution in [-0.4, -0.2) is 27.7 Å². The molecule has 4 rings (SSSR count). The number of benzene rings is 1. The van der Waals surface area contributed by atoms with Crippen molar-refractivity contribution in [3.8, 4) is 11.3 Å². The van der Waals surface area contributed by atoms with Crippen LogP contribution in [0.3, 0.4) is 0 Å². The molecule has 1 aliphatic rings. The molecule has 1 fully saturated rings. The Kier molecular flexibility index (Phi) is 3.79. The number of hydrogen-bond acceptors (Lipinski definition) is 4. The number of aromatic nitrogens is 2. The molecule has 0 spiro atoms. The maximum Gasteiger partial charge on any atom is 0.495 e. The highest BCUT2D eigenvalue weighted by atomic mass is 16.7. The fraction of sp³-hybridized carbons (Fsp3) is 0.300. The van der Waals surface area contributed by atoms with Crippen molar-refractivity contribution in [1.29, 1.82) is 0 Å². The Balaban J connectivity index is 1.79. The molecule has 0 atom stereocenters. The van der Waals surface area contributed by atoms with Gasteiger partial charge in [0.05, 0.1) is 16.9 Å². The summed E-state index contributed by atoms with van der Waals surface area (Å²) < 4.78 is 13.7. The van der Waals surface area contributed by atoms with Gasteiger partial charge in [0.25, 0.3) is 5.56 Å². The van der Waals surface area contributed by atoms with Gasteiger partial charge >= 0.3 is 7.12 Å². The standard InChI is InChI=1S/C20H21BN2O3/c1-19(2)20(3,4)26-21(25-19)15-10-11-23-17(12-15)22-16(13-18(23)24)14-8-6-5-7-9-14/h5-13H,1-4H3. The van der Waals surface area contributed by atoms with E-state index in [1.54, 1.807) is 12.3 Å². The van der Waals surface area contributed by atoms with E-state index in [1.807, 2.05) is 70.2 Å². The highest BCUT2D eigenvalue weighted by Crippen LogP contribution is 2.36. The molecule has 5 nitrogen and oxygen atoms in total. The van der Waals surface area contributed by atoms with E-state index in [-0.39, 0.29) is 5.56 Å². The first-order valence-corrected chi connectivity index (χ1v) is 8.71. The Morgan fingerprint density at radius 1 is 0.962 bits per heavy atom. The van der Waals surface area contributed by atoms with Gasteiger partial charge < -0.3 is 9.31 Å². The minimum atomic E-state index is -0.484. The molecule has 132 valence electrons. The van der Waals surface area contributed by atoms with Gasteiger partial charge in [-0.05, 0) is 45.3 Å². The molecule has 0 unspecified atom stereocenters. The summed E-state index contributed by atoms with van der Waals surface area (Å²) in [7, 11) is -0.484. The lowest BCUT2D eigenvalue weighted by atomic mass is 9.80. The van der Waals surface area contributed by atoms with E-state index < -0.39 is 18.3 Å². The third-order valence-corrected chi connectivity index (χ3v) is 5.29. The van der Waals surface area contributed by atoms with Crippen LogP contribution < -0.4 is 11.0 Å². The molecular formula is C20H21BN2O3. The van der Waals surface area contributed by atoms with E-state index >= 15 is 0 Å². The van der Waals surface area contributed by atoms with E-state index in [0.29, 0.717) is 11.3 Å². The molecule has 0 bridgehead atoms. The number of hydrogen-bond donors (Lipinski definition) is 0. The molecule has 0 saturated carbocycles. The van der Waals surface area contributed by atoms with Crippen LogP contribution in [0.2, 0.25) is 0 Å². The second kappa shape index (κ2) is 5.79. The molecular weight excluding hydrogens is 327 g/mol. The highest BCUT2D eigenvalue weighted by Gasteiger charge is 2.51. The molecule has 1 aromatic carbocycles. The normalized spacial score (nSPS) is 18.4. The van der Waals surface area contributed by atoms with Crippen LogP contribution in [0.25, 0.3) is 16.9 Å². The molecule has 1 aliphatic heterocycles. The van der Waals surface area contributed by atoms with Gasteiger partial charge in [-0.3, -0.25) is 9.20 Å². The quantitative estimate of drug-likeness (QED) is 0.668. The minimum Gasteiger partial charge on any atom is -0.399 e. The summed E-state index contributed by atoms with van der Waals surface area (Å²) in [5, 5.41) is 0. The Bertz CT molecular complexity index is 1010. The van der Waals surface area contributed by atoms with Crippen molar-refractivity contribution in [1.82, 2.24) is 9.38 Å². The van der Waals surface area contributed by atoms with Crippen molar-refractivity contribution in [2.45, 2.75) is 38.9 Å². The molecule has 0 amide bonds. The predicted molar refractivity (Wildman–Crippen MR) is 103 cm³/mol. The smallest absolute Gasteiger partial charge is 0.399 e. The summed E-state index contributed by atoms with van der Waals surface area (Å²) in [5.41, 5.74) is 2.04. The summed E-state index contributed by atoms with van der Waals surface area (Å²) in [6.45, 7) is 8.07. The molecule has 26 heavy (non-hydrogen) atoms. The van der Waals surface area contributed by atoms with E-state index in [2.05, 4.69) is 4.98 Å². The van der Waals surface area contributed by atoms with Gasteiger partial charge in [-0.2, -0.15) is 0 Å². The van der Waals surface area contributed by atoms with Crippen LogP contribution in [0.15, 0.2) is 59.5 Å². The highest BCUT2D eigenvalue weighted by molar-refractivity contribution is 6.62. The number of nitrogens with zero attached hydrogens (tertiary/aromatic N) is 2. The maximum absolute atomic E-state index is 12.5. The summed E-state index contributed by atoms with van der Waals surface area (Å²) in [6.07, 6.45) is 1.72. The summed E-state index contributed by atoms with van der Waals surface area (Å²) >= 11 is 0. The lowest BCUT2D eigenvalue weighted by Crippen LogP contribution is -2.41. The maximum atomic E-state index is 12.5. The molecule has 3 heterocycles. The average Bonchev–Trinajstić information content (AvgIpc) is 2.83. The SMILES string of the molecule is CC1(C)OB(c2ccn3c(=O)cc(-c4ccccc4)nc3c2)OC1(C)C. The molecule has 3 aromatic rings. The van der Waals surface area contributed by atoms with Crippen LogP contribution >= 0.6 is 0 Å². The Hall–Kier alpha value is -2.44. The Labute approximate surface area is 152 Å². The third kappa shape index (κ3) is 2.75. The van der Waals surface area contributed by atoms with Crippen molar-refractivity contribution >= 4 is 18.2 Å². The van der Waals surface area contributed by atoms with Gasteiger partial charge in [0.2, 0.25) is 0 Å². The Morgan fingerprint density at radius 2 is 1.62 bits per heavy atom. The number of fused-ring (bicyclic) bond motifs is 1. The summed E-state index contributed by atoms with van der Waals surface area (Å²) in [4.78, 5) is 17.1. The van der Waals surface area contributed by atoms with Gasteiger partial charge in [-0.1, -0.05) is 30.3 Å². The van der Waals surface area contributed by atoms with Gasteiger partial charge in [-0.25, -0.2) is 4.98 Å². The van der Waals surface area contributed by atoms with Crippen molar-refractivity contribution < 1.29 is 9.31 Å². The molecule has 0 radical (unpaired) electrons. The van der Waals surface area contributed by atoms with Crippen LogP contribution in [0.5, 0.6) is 0 Å². The predicted octanol–water partition coefficient (Wildman–Crippen LogP) is 2.66. The zero-order chi connectivity index (χ0) is 18.5. The van der Waals surface area contributed by atoms with E-state index in [1.165, 1.54) is 4.40 Å². The molecule has 0 aliphatic carbocycles. The fourth-order valence-electron chi connectivity index (χ4n) is 3.00. The average molecular weight is 348 g/mol. The first-order valence-electron chi connectivity index (χ1n) is 8.71. The van der Waals surface area contributed by atoms with Crippen LogP contribution in [-0.2, 0) is 9.31 Å². The lowest BCUT2D eigenvalue weighted by molar-refractivity contribution is 0.00578. The molecule has 6 heteroatoms. The second-order valence-corrected chi connectivity index (χ2v) is 7.62. The van der Waals surface area contributed by atoms with Crippen LogP contribution in [0.1, 0.15) is 27.7 Å². The van der Waals surface area contributed by atoms with Gasteiger partial charge in [0, 0.05) is 17.8 Å². The zero-order valence-electron chi connectivity index (χ0n) is 15.4. The second-order valence-electron chi connectivity index (χ2n) is 7.62. The number of rotatable bonds is 2. The third-order valence-electron chi connectivity index (χ3n) is 5.29. The van der Waals surface area contributed by atoms with Gasteiger partial charge in [0.1, 0.15) is 5.65 Å². The fourth-order valence-corrected chi connectivity index (χ4v) is 3.00. The first kappa shape index (κ1) is 17.0. The monoisotopic (exact) mass is 348 g/mol. The van der Waals surface area contributed by atoms with Crippen molar-refractivity contribution in [2.24, 2.45) is 0 Å². The minimum absolute atomic E-state index is 0.116. The van der Waals surface area contributed by atoms with Crippen molar-refractivity contribution in [3.05, 3.63) is 65.1 Å². The lowest BCUT2D eigenvalue weighted by Gasteiger charge is -2.32. The van der Waals surface area contributed by atoms with Gasteiger partial charge in [0.15, 0.2) is 0 Å². The van der Waals surface area contributed by atoms with Crippen molar-refractivity contribution in [2.75, 3.05) is 0 Å². The number of pyridine rings is 1. The van der Waals surface area contributed by atoms with Crippen molar-refractivity contribution in [3.63, 3.8) is 0 Å². The van der Waals surface area contributed by atoms with Crippen LogP contribution in [0.4, 0.5) is 0 Å².